The summed E-state index contributed by atoms with van der Waals surface area (Å²) in [6.45, 7) is 5.41. The molecule has 0 bridgehead atoms. The Hall–Kier alpha value is -1.98. The largest absolute Gasteiger partial charge is 0.458 e. The second kappa shape index (κ2) is 9.66. The predicted octanol–water partition coefficient (Wildman–Crippen LogP) is 4.95. The molecule has 5 nitrogen and oxygen atoms in total. The van der Waals surface area contributed by atoms with Gasteiger partial charge in [-0.3, -0.25) is 4.79 Å². The molecule has 0 N–H and O–H groups in total. The van der Waals surface area contributed by atoms with Gasteiger partial charge in [-0.05, 0) is 42.9 Å². The van der Waals surface area contributed by atoms with Gasteiger partial charge in [-0.1, -0.05) is 51.0 Å². The molecule has 4 rings (SSSR count). The minimum Gasteiger partial charge on any atom is -0.458 e. The molecule has 3 fully saturated rings. The van der Waals surface area contributed by atoms with Gasteiger partial charge in [0.15, 0.2) is 11.6 Å². The molecule has 1 aromatic carbocycles. The van der Waals surface area contributed by atoms with Crippen molar-refractivity contribution in [1.29, 1.82) is 0 Å². The Balaban J connectivity index is 1.48. The van der Waals surface area contributed by atoms with Crippen LogP contribution in [0, 0.1) is 23.7 Å². The lowest BCUT2D eigenvalue weighted by Gasteiger charge is -2.26. The first-order valence-electron chi connectivity index (χ1n) is 11.8. The molecule has 0 radical (unpaired) electrons. The summed E-state index contributed by atoms with van der Waals surface area (Å²) < 4.78 is 17.9. The zero-order chi connectivity index (χ0) is 21.8. The number of benzene rings is 1. The summed E-state index contributed by atoms with van der Waals surface area (Å²) in [5, 5.41) is 0. The molecule has 5 heteroatoms. The molecular formula is C26H34O5. The van der Waals surface area contributed by atoms with Crippen LogP contribution in [0.2, 0.25) is 0 Å². The van der Waals surface area contributed by atoms with Crippen molar-refractivity contribution in [3.8, 4) is 0 Å². The van der Waals surface area contributed by atoms with Gasteiger partial charge in [-0.25, -0.2) is 4.79 Å². The smallest absolute Gasteiger partial charge is 0.338 e. The van der Waals surface area contributed by atoms with Crippen molar-refractivity contribution >= 4 is 11.8 Å². The molecule has 1 aliphatic heterocycles. The fourth-order valence-corrected chi connectivity index (χ4v) is 5.53. The fourth-order valence-electron chi connectivity index (χ4n) is 5.53. The monoisotopic (exact) mass is 426 g/mol. The highest BCUT2D eigenvalue weighted by Crippen LogP contribution is 2.55. The topological polar surface area (TPSA) is 61.8 Å². The van der Waals surface area contributed by atoms with E-state index in [0.29, 0.717) is 30.6 Å². The van der Waals surface area contributed by atoms with E-state index in [1.165, 1.54) is 0 Å². The number of unbranched alkanes of at least 4 members (excludes halogenated alkanes) is 1. The Morgan fingerprint density at radius 3 is 2.65 bits per heavy atom. The lowest BCUT2D eigenvalue weighted by Crippen LogP contribution is -2.31. The number of rotatable bonds is 8. The van der Waals surface area contributed by atoms with Crippen LogP contribution < -0.4 is 0 Å². The molecule has 1 saturated heterocycles. The van der Waals surface area contributed by atoms with E-state index in [-0.39, 0.29) is 29.7 Å². The number of fused-ring (bicyclic) bond motifs is 1. The number of hydrogen-bond acceptors (Lipinski definition) is 5. The maximum absolute atomic E-state index is 12.7. The Bertz CT molecular complexity index is 795. The van der Waals surface area contributed by atoms with E-state index >= 15 is 0 Å². The van der Waals surface area contributed by atoms with Gasteiger partial charge >= 0.3 is 5.97 Å². The summed E-state index contributed by atoms with van der Waals surface area (Å²) in [6, 6.07) is 9.11. The van der Waals surface area contributed by atoms with E-state index in [2.05, 4.69) is 6.92 Å². The predicted molar refractivity (Wildman–Crippen MR) is 117 cm³/mol. The number of allylic oxidation sites excluding steroid dienone is 1. The van der Waals surface area contributed by atoms with Crippen molar-refractivity contribution in [2.45, 2.75) is 64.3 Å². The molecule has 0 aromatic heterocycles. The normalized spacial score (nSPS) is 30.0. The molecule has 3 aliphatic rings. The highest BCUT2D eigenvalue weighted by molar-refractivity contribution is 5.91. The number of hydrogen-bond donors (Lipinski definition) is 0. The van der Waals surface area contributed by atoms with Gasteiger partial charge in [0.25, 0.3) is 0 Å². The minimum atomic E-state index is -0.478. The van der Waals surface area contributed by atoms with Crippen LogP contribution in [-0.2, 0) is 19.0 Å². The maximum Gasteiger partial charge on any atom is 0.338 e. The second-order valence-electron chi connectivity index (χ2n) is 9.37. The van der Waals surface area contributed by atoms with Crippen LogP contribution in [-0.4, -0.2) is 36.9 Å². The van der Waals surface area contributed by atoms with Crippen molar-refractivity contribution in [3.05, 3.63) is 48.0 Å². The van der Waals surface area contributed by atoms with E-state index in [1.54, 1.807) is 18.2 Å². The minimum absolute atomic E-state index is 0.00663. The molecule has 5 atom stereocenters. The fraction of sp³-hybridized carbons (Fsp3) is 0.615. The molecule has 2 saturated carbocycles. The Morgan fingerprint density at radius 2 is 1.94 bits per heavy atom. The molecule has 1 heterocycles. The standard InChI is InChI=1S/C26H34O5/c1-3-4-8-18(2)23(27)12-11-21-22-17-26(29-13-14-30-26)16-20(22)15-24(21)31-25(28)19-9-6-5-7-10-19/h5-7,9-12,18,20-22,24H,3-4,8,13-17H2,1-2H3/t18?,20-,21-,22+,24-/m1/s1. The highest BCUT2D eigenvalue weighted by atomic mass is 16.7. The number of carbonyl (C=O) groups excluding carboxylic acids is 2. The van der Waals surface area contributed by atoms with Crippen molar-refractivity contribution in [2.24, 2.45) is 23.7 Å². The molecule has 2 aliphatic carbocycles. The van der Waals surface area contributed by atoms with Crippen LogP contribution in [0.5, 0.6) is 0 Å². The van der Waals surface area contributed by atoms with Gasteiger partial charge in [0.2, 0.25) is 0 Å². The average Bonchev–Trinajstić information content (AvgIpc) is 3.46. The molecule has 1 aromatic rings. The molecule has 168 valence electrons. The quantitative estimate of drug-likeness (QED) is 0.435. The SMILES string of the molecule is CCCCC(C)C(=O)C=C[C@@H]1[C@H]2CC3(C[C@H]2C[C@H]1OC(=O)c1ccccc1)OCCO3. The third-order valence-electron chi connectivity index (χ3n) is 7.22. The average molecular weight is 427 g/mol. The van der Waals surface area contributed by atoms with E-state index in [0.717, 1.165) is 38.5 Å². The van der Waals surface area contributed by atoms with Crippen LogP contribution in [0.3, 0.4) is 0 Å². The molecule has 1 unspecified atom stereocenters. The molecule has 1 spiro atoms. The summed E-state index contributed by atoms with van der Waals surface area (Å²) in [7, 11) is 0. The third kappa shape index (κ3) is 4.93. The first kappa shape index (κ1) is 22.2. The van der Waals surface area contributed by atoms with Gasteiger partial charge in [-0.15, -0.1) is 0 Å². The van der Waals surface area contributed by atoms with E-state index < -0.39 is 5.79 Å². The van der Waals surface area contributed by atoms with Crippen LogP contribution in [0.15, 0.2) is 42.5 Å². The van der Waals surface area contributed by atoms with Crippen LogP contribution in [0.1, 0.15) is 62.7 Å². The van der Waals surface area contributed by atoms with Crippen molar-refractivity contribution in [1.82, 2.24) is 0 Å². The zero-order valence-electron chi connectivity index (χ0n) is 18.6. The number of ether oxygens (including phenoxy) is 3. The third-order valence-corrected chi connectivity index (χ3v) is 7.22. The number of carbonyl (C=O) groups is 2. The van der Waals surface area contributed by atoms with E-state index in [9.17, 15) is 9.59 Å². The van der Waals surface area contributed by atoms with Gasteiger partial charge in [-0.2, -0.15) is 0 Å². The van der Waals surface area contributed by atoms with Crippen LogP contribution >= 0.6 is 0 Å². The Morgan fingerprint density at radius 1 is 1.19 bits per heavy atom. The van der Waals surface area contributed by atoms with E-state index in [1.807, 2.05) is 31.2 Å². The Labute approximate surface area is 185 Å². The number of ketones is 1. The van der Waals surface area contributed by atoms with Gasteiger partial charge < -0.3 is 14.2 Å². The van der Waals surface area contributed by atoms with Gasteiger partial charge in [0, 0.05) is 24.7 Å². The summed E-state index contributed by atoms with van der Waals surface area (Å²) in [5.41, 5.74) is 0.561. The summed E-state index contributed by atoms with van der Waals surface area (Å²) in [5.74, 6) is 0.0765. The van der Waals surface area contributed by atoms with E-state index in [4.69, 9.17) is 14.2 Å². The van der Waals surface area contributed by atoms with Crippen LogP contribution in [0.25, 0.3) is 0 Å². The lowest BCUT2D eigenvalue weighted by atomic mass is 9.89. The second-order valence-corrected chi connectivity index (χ2v) is 9.37. The molecule has 0 amide bonds. The molecular weight excluding hydrogens is 392 g/mol. The summed E-state index contributed by atoms with van der Waals surface area (Å²) >= 11 is 0. The first-order valence-corrected chi connectivity index (χ1v) is 11.8. The van der Waals surface area contributed by atoms with Crippen LogP contribution in [0.4, 0.5) is 0 Å². The summed E-state index contributed by atoms with van der Waals surface area (Å²) in [6.07, 6.45) is 8.99. The highest BCUT2D eigenvalue weighted by Gasteiger charge is 2.57. The van der Waals surface area contributed by atoms with Crippen molar-refractivity contribution in [2.75, 3.05) is 13.2 Å². The zero-order valence-corrected chi connectivity index (χ0v) is 18.6. The van der Waals surface area contributed by atoms with Gasteiger partial charge in [0.05, 0.1) is 18.8 Å². The number of esters is 1. The van der Waals surface area contributed by atoms with Gasteiger partial charge in [0.1, 0.15) is 6.10 Å². The maximum atomic E-state index is 12.7. The van der Waals surface area contributed by atoms with Crippen molar-refractivity contribution < 1.29 is 23.8 Å². The first-order chi connectivity index (χ1) is 15.0. The lowest BCUT2D eigenvalue weighted by molar-refractivity contribution is -0.157. The van der Waals surface area contributed by atoms with Crippen molar-refractivity contribution in [3.63, 3.8) is 0 Å². The molecule has 31 heavy (non-hydrogen) atoms. The summed E-state index contributed by atoms with van der Waals surface area (Å²) in [4.78, 5) is 25.4. The Kier molecular flexibility index (Phi) is 6.92.